The number of benzene rings is 1. The summed E-state index contributed by atoms with van der Waals surface area (Å²) in [5, 5.41) is 9.85. The fourth-order valence-electron chi connectivity index (χ4n) is 2.32. The van der Waals surface area contributed by atoms with Gasteiger partial charge in [0.05, 0.1) is 0 Å². The Kier molecular flexibility index (Phi) is 4.25. The fraction of sp³-hybridized carbons (Fsp3) is 0.538. The molecule has 0 amide bonds. The van der Waals surface area contributed by atoms with Crippen LogP contribution in [0.5, 0.6) is 0 Å². The number of nitrogens with zero attached hydrogens (tertiary/aromatic N) is 1. The normalized spacial score (nSPS) is 20.3. The van der Waals surface area contributed by atoms with Crippen LogP contribution in [0.25, 0.3) is 0 Å². The highest BCUT2D eigenvalue weighted by Gasteiger charge is 2.43. The maximum Gasteiger partial charge on any atom is 0.295 e. The zero-order valence-corrected chi connectivity index (χ0v) is 11.5. The minimum absolute atomic E-state index is 0.0562. The third-order valence-electron chi connectivity index (χ3n) is 3.68. The maximum absolute atomic E-state index is 11.1. The van der Waals surface area contributed by atoms with Crippen molar-refractivity contribution in [1.29, 1.82) is 0 Å². The highest BCUT2D eigenvalue weighted by Crippen LogP contribution is 2.27. The Hall–Kier alpha value is -0.950. The van der Waals surface area contributed by atoms with E-state index >= 15 is 0 Å². The Morgan fingerprint density at radius 3 is 2.26 bits per heavy atom. The monoisotopic (exact) mass is 285 g/mol. The zero-order valence-electron chi connectivity index (χ0n) is 10.7. The minimum atomic E-state index is -4.39. The van der Waals surface area contributed by atoms with Crippen LogP contribution in [0.1, 0.15) is 18.4 Å². The summed E-state index contributed by atoms with van der Waals surface area (Å²) in [4.78, 5) is 0.142. The van der Waals surface area contributed by atoms with Crippen molar-refractivity contribution in [1.82, 2.24) is 4.90 Å². The van der Waals surface area contributed by atoms with Gasteiger partial charge in [-0.15, -0.1) is 0 Å². The molecule has 1 fully saturated rings. The first-order valence-electron chi connectivity index (χ1n) is 6.36. The Morgan fingerprint density at radius 1 is 1.16 bits per heavy atom. The average molecular weight is 285 g/mol. The third kappa shape index (κ3) is 3.54. The van der Waals surface area contributed by atoms with E-state index in [1.165, 1.54) is 5.56 Å². The lowest BCUT2D eigenvalue weighted by atomic mass is 10.1. The number of hydrogen-bond acceptors (Lipinski definition) is 4. The smallest absolute Gasteiger partial charge is 0.295 e. The summed E-state index contributed by atoms with van der Waals surface area (Å²) < 4.78 is 31.2. The van der Waals surface area contributed by atoms with E-state index in [0.717, 1.165) is 13.0 Å². The molecule has 2 N–H and O–H groups in total. The summed E-state index contributed by atoms with van der Waals surface area (Å²) in [6.45, 7) is 1.78. The number of rotatable bonds is 4. The van der Waals surface area contributed by atoms with Crippen molar-refractivity contribution in [3.05, 3.63) is 35.9 Å². The Morgan fingerprint density at radius 2 is 1.74 bits per heavy atom. The van der Waals surface area contributed by atoms with Crippen LogP contribution < -0.4 is 0 Å². The van der Waals surface area contributed by atoms with Crippen molar-refractivity contribution in [3.8, 4) is 0 Å². The summed E-state index contributed by atoms with van der Waals surface area (Å²) in [6.07, 6.45) is 1.01. The van der Waals surface area contributed by atoms with Crippen LogP contribution in [0.4, 0.5) is 0 Å². The summed E-state index contributed by atoms with van der Waals surface area (Å²) in [6, 6.07) is 10.1. The van der Waals surface area contributed by atoms with Crippen LogP contribution in [-0.2, 0) is 16.5 Å². The van der Waals surface area contributed by atoms with Gasteiger partial charge in [-0.1, -0.05) is 30.3 Å². The van der Waals surface area contributed by atoms with Gasteiger partial charge < -0.3 is 10.0 Å². The van der Waals surface area contributed by atoms with E-state index < -0.39 is 15.1 Å². The molecule has 0 aromatic heterocycles. The largest absolute Gasteiger partial charge is 0.372 e. The number of likely N-dealkylation sites (tertiary alicyclic amines) is 1. The SMILES string of the molecule is O=S(=O)(O)C1(O)CCN(CCc2ccccc2)CC1. The van der Waals surface area contributed by atoms with Crippen LogP contribution in [0.15, 0.2) is 30.3 Å². The second-order valence-corrected chi connectivity index (χ2v) is 6.71. The first-order chi connectivity index (χ1) is 8.91. The predicted molar refractivity (Wildman–Crippen MR) is 72.3 cm³/mol. The summed E-state index contributed by atoms with van der Waals surface area (Å²) in [5.41, 5.74) is 1.23. The molecule has 0 atom stereocenters. The Bertz CT molecular complexity index is 507. The zero-order chi connectivity index (χ0) is 13.9. The Labute approximate surface area is 113 Å². The van der Waals surface area contributed by atoms with E-state index in [2.05, 4.69) is 17.0 Å². The maximum atomic E-state index is 11.1. The van der Waals surface area contributed by atoms with E-state index in [9.17, 15) is 13.5 Å². The molecule has 1 aliphatic rings. The molecule has 0 unspecified atom stereocenters. The molecule has 6 heteroatoms. The molecule has 1 heterocycles. The highest BCUT2D eigenvalue weighted by atomic mass is 32.2. The summed E-state index contributed by atoms with van der Waals surface area (Å²) in [7, 11) is -4.39. The molecule has 0 aliphatic carbocycles. The lowest BCUT2D eigenvalue weighted by molar-refractivity contribution is 0.0393. The van der Waals surface area contributed by atoms with Gasteiger partial charge in [0.2, 0.25) is 0 Å². The van der Waals surface area contributed by atoms with Crippen molar-refractivity contribution >= 4 is 10.1 Å². The lowest BCUT2D eigenvalue weighted by Crippen LogP contribution is -2.49. The molecule has 0 radical (unpaired) electrons. The fourth-order valence-corrected chi connectivity index (χ4v) is 3.01. The number of aliphatic hydroxyl groups is 1. The minimum Gasteiger partial charge on any atom is -0.372 e. The van der Waals surface area contributed by atoms with Gasteiger partial charge in [0.25, 0.3) is 10.1 Å². The quantitative estimate of drug-likeness (QED) is 0.804. The predicted octanol–water partition coefficient (Wildman–Crippen LogP) is 0.901. The molecule has 0 spiro atoms. The van der Waals surface area contributed by atoms with Crippen molar-refractivity contribution < 1.29 is 18.1 Å². The standard InChI is InChI=1S/C13H19NO4S/c15-13(19(16,17)18)7-10-14(11-8-13)9-6-12-4-2-1-3-5-12/h1-5,15H,6-11H2,(H,16,17,18). The molecule has 1 aromatic rings. The molecule has 106 valence electrons. The van der Waals surface area contributed by atoms with E-state index in [0.29, 0.717) is 13.1 Å². The van der Waals surface area contributed by atoms with Crippen molar-refractivity contribution in [2.24, 2.45) is 0 Å². The van der Waals surface area contributed by atoms with Gasteiger partial charge in [-0.3, -0.25) is 4.55 Å². The van der Waals surface area contributed by atoms with Crippen LogP contribution in [-0.4, -0.2) is 47.5 Å². The Balaban J connectivity index is 1.84. The van der Waals surface area contributed by atoms with E-state index in [4.69, 9.17) is 4.55 Å². The van der Waals surface area contributed by atoms with Gasteiger partial charge in [-0.25, -0.2) is 0 Å². The second kappa shape index (κ2) is 5.58. The van der Waals surface area contributed by atoms with Crippen LogP contribution in [0.2, 0.25) is 0 Å². The van der Waals surface area contributed by atoms with Crippen molar-refractivity contribution in [2.45, 2.75) is 24.2 Å². The van der Waals surface area contributed by atoms with E-state index in [1.54, 1.807) is 0 Å². The molecule has 19 heavy (non-hydrogen) atoms. The average Bonchev–Trinajstić information content (AvgIpc) is 2.38. The molecule has 5 nitrogen and oxygen atoms in total. The summed E-state index contributed by atoms with van der Waals surface area (Å²) in [5.74, 6) is 0. The lowest BCUT2D eigenvalue weighted by Gasteiger charge is -2.35. The second-order valence-electron chi connectivity index (χ2n) is 5.00. The first-order valence-corrected chi connectivity index (χ1v) is 7.80. The molecule has 1 aromatic carbocycles. The molecular formula is C13H19NO4S. The topological polar surface area (TPSA) is 77.8 Å². The molecule has 0 saturated carbocycles. The van der Waals surface area contributed by atoms with Crippen molar-refractivity contribution in [2.75, 3.05) is 19.6 Å². The third-order valence-corrected chi connectivity index (χ3v) is 5.05. The van der Waals surface area contributed by atoms with Gasteiger partial charge in [-0.2, -0.15) is 8.42 Å². The van der Waals surface area contributed by atoms with Crippen molar-refractivity contribution in [3.63, 3.8) is 0 Å². The highest BCUT2D eigenvalue weighted by molar-refractivity contribution is 7.87. The number of piperidine rings is 1. The van der Waals surface area contributed by atoms with Gasteiger partial charge >= 0.3 is 0 Å². The molecule has 2 rings (SSSR count). The van der Waals surface area contributed by atoms with Crippen LogP contribution in [0, 0.1) is 0 Å². The van der Waals surface area contributed by atoms with E-state index in [1.807, 2.05) is 18.2 Å². The van der Waals surface area contributed by atoms with Gasteiger partial charge in [0, 0.05) is 32.5 Å². The first kappa shape index (κ1) is 14.5. The van der Waals surface area contributed by atoms with E-state index in [-0.39, 0.29) is 12.8 Å². The van der Waals surface area contributed by atoms with Crippen LogP contribution in [0.3, 0.4) is 0 Å². The summed E-state index contributed by atoms with van der Waals surface area (Å²) >= 11 is 0. The molecular weight excluding hydrogens is 266 g/mol. The molecule has 1 aliphatic heterocycles. The van der Waals surface area contributed by atoms with Gasteiger partial charge in [0.1, 0.15) is 0 Å². The van der Waals surface area contributed by atoms with Gasteiger partial charge in [0.15, 0.2) is 4.93 Å². The number of hydrogen-bond donors (Lipinski definition) is 2. The van der Waals surface area contributed by atoms with Crippen LogP contribution >= 0.6 is 0 Å². The molecule has 1 saturated heterocycles. The van der Waals surface area contributed by atoms with Gasteiger partial charge in [-0.05, 0) is 12.0 Å². The molecule has 0 bridgehead atoms.